The third-order valence-electron chi connectivity index (χ3n) is 5.73. The highest BCUT2D eigenvalue weighted by Crippen LogP contribution is 2.36. The number of aliphatic imine (C=N–C) groups is 1. The quantitative estimate of drug-likeness (QED) is 0.589. The van der Waals surface area contributed by atoms with Crippen LogP contribution in [0.5, 0.6) is 0 Å². The van der Waals surface area contributed by atoms with Gasteiger partial charge in [-0.25, -0.2) is 9.38 Å². The summed E-state index contributed by atoms with van der Waals surface area (Å²) in [5.41, 5.74) is 3.69. The Labute approximate surface area is 195 Å². The van der Waals surface area contributed by atoms with Gasteiger partial charge in [-0.15, -0.1) is 0 Å². The van der Waals surface area contributed by atoms with Crippen molar-refractivity contribution in [3.63, 3.8) is 0 Å². The molecule has 2 aliphatic rings. The standard InChI is InChI=1S/C26H19ClFN3O2/c27-20-10-3-1-6-16(20)12-13-22(32)29-25-26(33)31-15-14-17-7-5-9-19(24(17)31)23(30-25)18-8-2-4-11-21(18)28/h1-13,25H,14-15H2,(H,29,32). The normalized spacial score (nSPS) is 17.0. The molecular weight excluding hydrogens is 441 g/mol. The van der Waals surface area contributed by atoms with Gasteiger partial charge in [-0.1, -0.05) is 60.1 Å². The predicted octanol–water partition coefficient (Wildman–Crippen LogP) is 4.37. The van der Waals surface area contributed by atoms with Crippen LogP contribution < -0.4 is 10.2 Å². The molecule has 1 N–H and O–H groups in total. The molecule has 3 aromatic carbocycles. The Morgan fingerprint density at radius 3 is 2.64 bits per heavy atom. The van der Waals surface area contributed by atoms with Crippen molar-refractivity contribution in [2.45, 2.75) is 12.6 Å². The number of carbonyl (C=O) groups excluding carboxylic acids is 2. The minimum Gasteiger partial charge on any atom is -0.323 e. The molecule has 0 saturated carbocycles. The summed E-state index contributed by atoms with van der Waals surface area (Å²) >= 11 is 6.14. The largest absolute Gasteiger partial charge is 0.323 e. The Kier molecular flexibility index (Phi) is 5.52. The first-order valence-electron chi connectivity index (χ1n) is 10.5. The van der Waals surface area contributed by atoms with E-state index in [0.29, 0.717) is 34.8 Å². The minimum absolute atomic E-state index is 0.276. The van der Waals surface area contributed by atoms with E-state index in [9.17, 15) is 14.0 Å². The van der Waals surface area contributed by atoms with Gasteiger partial charge in [0.05, 0.1) is 11.4 Å². The lowest BCUT2D eigenvalue weighted by molar-refractivity contribution is -0.125. The van der Waals surface area contributed by atoms with Crippen LogP contribution in [0.3, 0.4) is 0 Å². The third kappa shape index (κ3) is 3.94. The summed E-state index contributed by atoms with van der Waals surface area (Å²) in [6, 6.07) is 19.1. The summed E-state index contributed by atoms with van der Waals surface area (Å²) in [5.74, 6) is -1.31. The molecule has 0 radical (unpaired) electrons. The van der Waals surface area contributed by atoms with E-state index in [2.05, 4.69) is 10.3 Å². The van der Waals surface area contributed by atoms with Crippen molar-refractivity contribution in [3.8, 4) is 0 Å². The van der Waals surface area contributed by atoms with Gasteiger partial charge >= 0.3 is 0 Å². The Hall–Kier alpha value is -3.77. The molecule has 0 aromatic heterocycles. The first-order valence-corrected chi connectivity index (χ1v) is 10.9. The Morgan fingerprint density at radius 2 is 1.82 bits per heavy atom. The molecule has 0 aliphatic carbocycles. The Bertz CT molecular complexity index is 1330. The fourth-order valence-electron chi connectivity index (χ4n) is 4.19. The maximum absolute atomic E-state index is 14.8. The predicted molar refractivity (Wildman–Crippen MR) is 127 cm³/mol. The topological polar surface area (TPSA) is 61.8 Å². The first kappa shape index (κ1) is 21.1. The summed E-state index contributed by atoms with van der Waals surface area (Å²) in [7, 11) is 0. The lowest BCUT2D eigenvalue weighted by Gasteiger charge is -2.20. The van der Waals surface area contributed by atoms with Crippen molar-refractivity contribution in [1.82, 2.24) is 5.32 Å². The van der Waals surface area contributed by atoms with Gasteiger partial charge in [0.15, 0.2) is 0 Å². The average Bonchev–Trinajstić information content (AvgIpc) is 3.21. The average molecular weight is 460 g/mol. The number of nitrogens with one attached hydrogen (secondary N) is 1. The number of amides is 2. The first-order chi connectivity index (χ1) is 16.0. The molecule has 0 spiro atoms. The zero-order valence-electron chi connectivity index (χ0n) is 17.5. The smallest absolute Gasteiger partial charge is 0.272 e. The van der Waals surface area contributed by atoms with Crippen LogP contribution in [-0.2, 0) is 16.0 Å². The molecule has 2 heterocycles. The van der Waals surface area contributed by atoms with Crippen LogP contribution in [0.2, 0.25) is 5.02 Å². The van der Waals surface area contributed by atoms with Gasteiger partial charge in [0.2, 0.25) is 12.1 Å². The second kappa shape index (κ2) is 8.64. The van der Waals surface area contributed by atoms with Crippen molar-refractivity contribution in [2.24, 2.45) is 4.99 Å². The molecule has 0 fully saturated rings. The van der Waals surface area contributed by atoms with Gasteiger partial charge in [0.25, 0.3) is 5.91 Å². The molecule has 164 valence electrons. The van der Waals surface area contributed by atoms with E-state index in [-0.39, 0.29) is 11.5 Å². The molecule has 2 amide bonds. The Balaban J connectivity index is 1.54. The second-order valence-electron chi connectivity index (χ2n) is 7.78. The van der Waals surface area contributed by atoms with Gasteiger partial charge in [0.1, 0.15) is 5.82 Å². The van der Waals surface area contributed by atoms with Crippen molar-refractivity contribution in [2.75, 3.05) is 11.4 Å². The zero-order chi connectivity index (χ0) is 22.9. The molecule has 7 heteroatoms. The lowest BCUT2D eigenvalue weighted by Crippen LogP contribution is -2.46. The van der Waals surface area contributed by atoms with Crippen molar-refractivity contribution < 1.29 is 14.0 Å². The van der Waals surface area contributed by atoms with Crippen LogP contribution >= 0.6 is 11.6 Å². The van der Waals surface area contributed by atoms with E-state index in [1.165, 1.54) is 12.1 Å². The van der Waals surface area contributed by atoms with Crippen LogP contribution in [-0.4, -0.2) is 30.2 Å². The number of hydrogen-bond donors (Lipinski definition) is 1. The minimum atomic E-state index is -1.19. The van der Waals surface area contributed by atoms with Gasteiger partial charge in [0, 0.05) is 28.8 Å². The maximum Gasteiger partial charge on any atom is 0.272 e. The highest BCUT2D eigenvalue weighted by molar-refractivity contribution is 6.32. The lowest BCUT2D eigenvalue weighted by atomic mass is 9.98. The van der Waals surface area contributed by atoms with E-state index in [0.717, 1.165) is 11.3 Å². The molecule has 2 aliphatic heterocycles. The number of para-hydroxylation sites is 1. The van der Waals surface area contributed by atoms with Crippen molar-refractivity contribution in [1.29, 1.82) is 0 Å². The number of rotatable bonds is 4. The summed E-state index contributed by atoms with van der Waals surface area (Å²) in [5, 5.41) is 3.18. The summed E-state index contributed by atoms with van der Waals surface area (Å²) in [6.07, 6.45) is 2.37. The number of nitrogens with zero attached hydrogens (tertiary/aromatic N) is 2. The summed E-state index contributed by atoms with van der Waals surface area (Å²) in [6.45, 7) is 0.479. The Morgan fingerprint density at radius 1 is 1.06 bits per heavy atom. The molecule has 33 heavy (non-hydrogen) atoms. The fourth-order valence-corrected chi connectivity index (χ4v) is 4.39. The van der Waals surface area contributed by atoms with Crippen LogP contribution in [0.15, 0.2) is 77.8 Å². The van der Waals surface area contributed by atoms with Gasteiger partial charge in [-0.05, 0) is 41.8 Å². The van der Waals surface area contributed by atoms with E-state index in [4.69, 9.17) is 11.6 Å². The highest BCUT2D eigenvalue weighted by Gasteiger charge is 2.37. The van der Waals surface area contributed by atoms with Crippen LogP contribution in [0.25, 0.3) is 6.08 Å². The monoisotopic (exact) mass is 459 g/mol. The van der Waals surface area contributed by atoms with E-state index < -0.39 is 17.9 Å². The van der Waals surface area contributed by atoms with E-state index in [1.54, 1.807) is 47.4 Å². The number of benzene rings is 3. The molecular formula is C26H19ClFN3O2. The van der Waals surface area contributed by atoms with Crippen LogP contribution in [0, 0.1) is 5.82 Å². The summed E-state index contributed by atoms with van der Waals surface area (Å²) < 4.78 is 14.8. The SMILES string of the molecule is O=C(C=Cc1ccccc1Cl)NC1N=C(c2ccccc2F)c2cccc3c2N(CC3)C1=O. The second-order valence-corrected chi connectivity index (χ2v) is 8.18. The molecule has 3 aromatic rings. The molecule has 1 atom stereocenters. The summed E-state index contributed by atoms with van der Waals surface area (Å²) in [4.78, 5) is 32.2. The van der Waals surface area contributed by atoms with Crippen LogP contribution in [0.1, 0.15) is 22.3 Å². The molecule has 0 saturated heterocycles. The molecule has 1 unspecified atom stereocenters. The highest BCUT2D eigenvalue weighted by atomic mass is 35.5. The number of carbonyl (C=O) groups is 2. The van der Waals surface area contributed by atoms with Crippen molar-refractivity contribution in [3.05, 3.63) is 106 Å². The number of halogens is 2. The van der Waals surface area contributed by atoms with Crippen molar-refractivity contribution >= 4 is 40.9 Å². The zero-order valence-corrected chi connectivity index (χ0v) is 18.2. The number of anilines is 1. The van der Waals surface area contributed by atoms with Gasteiger partial charge in [-0.2, -0.15) is 0 Å². The van der Waals surface area contributed by atoms with Gasteiger partial charge < -0.3 is 10.2 Å². The van der Waals surface area contributed by atoms with E-state index >= 15 is 0 Å². The van der Waals surface area contributed by atoms with Crippen LogP contribution in [0.4, 0.5) is 10.1 Å². The van der Waals surface area contributed by atoms with Gasteiger partial charge in [-0.3, -0.25) is 9.59 Å². The number of hydrogen-bond acceptors (Lipinski definition) is 3. The molecule has 5 rings (SSSR count). The molecule has 5 nitrogen and oxygen atoms in total. The fraction of sp³-hybridized carbons (Fsp3) is 0.115. The molecule has 0 bridgehead atoms. The van der Waals surface area contributed by atoms with E-state index in [1.807, 2.05) is 24.3 Å². The maximum atomic E-state index is 14.8. The third-order valence-corrected chi connectivity index (χ3v) is 6.08.